The van der Waals surface area contributed by atoms with Crippen LogP contribution in [0.25, 0.3) is 16.9 Å². The number of urea groups is 1. The molecular weight excluding hydrogens is 475 g/mol. The van der Waals surface area contributed by atoms with Crippen molar-refractivity contribution in [1.29, 1.82) is 0 Å². The summed E-state index contributed by atoms with van der Waals surface area (Å²) in [5, 5.41) is 9.09. The van der Waals surface area contributed by atoms with Crippen molar-refractivity contribution in [2.45, 2.75) is 6.18 Å². The number of alkyl halides is 3. The minimum Gasteiger partial charge on any atom is -0.424 e. The number of aromatic nitrogens is 5. The maximum absolute atomic E-state index is 12.8. The van der Waals surface area contributed by atoms with E-state index in [0.29, 0.717) is 5.75 Å². The van der Waals surface area contributed by atoms with E-state index in [1.807, 2.05) is 24.3 Å². The number of nitrogens with zero attached hydrogens (tertiary/aromatic N) is 5. The van der Waals surface area contributed by atoms with Crippen LogP contribution in [0, 0.1) is 0 Å². The lowest BCUT2D eigenvalue weighted by Crippen LogP contribution is -2.20. The predicted molar refractivity (Wildman–Crippen MR) is 125 cm³/mol. The molecule has 0 saturated carbocycles. The normalized spacial score (nSPS) is 11.3. The van der Waals surface area contributed by atoms with Crippen molar-refractivity contribution in [2.24, 2.45) is 0 Å². The van der Waals surface area contributed by atoms with Crippen LogP contribution in [-0.4, -0.2) is 30.6 Å². The van der Waals surface area contributed by atoms with Gasteiger partial charge in [-0.05, 0) is 54.6 Å². The summed E-state index contributed by atoms with van der Waals surface area (Å²) in [7, 11) is 0. The number of nitrogens with one attached hydrogen (secondary N) is 2. The third kappa shape index (κ3) is 5.06. The summed E-state index contributed by atoms with van der Waals surface area (Å²) < 4.78 is 45.8. The first-order valence-electron chi connectivity index (χ1n) is 10.5. The number of imidazole rings is 1. The topological polar surface area (TPSA) is 106 Å². The Bertz CT molecular complexity index is 1520. The quantitative estimate of drug-likeness (QED) is 0.330. The maximum atomic E-state index is 12.8. The number of anilines is 2. The van der Waals surface area contributed by atoms with Crippen molar-refractivity contribution in [3.05, 3.63) is 91.0 Å². The molecule has 0 aliphatic carbocycles. The van der Waals surface area contributed by atoms with E-state index in [1.165, 1.54) is 24.5 Å². The maximum Gasteiger partial charge on any atom is 0.416 e. The van der Waals surface area contributed by atoms with Gasteiger partial charge in [0.25, 0.3) is 0 Å². The Kier molecular flexibility index (Phi) is 5.90. The fraction of sp³-hybridized carbons (Fsp3) is 0.0417. The minimum atomic E-state index is -4.51. The van der Waals surface area contributed by atoms with Crippen LogP contribution in [0.2, 0.25) is 0 Å². The number of ether oxygens (including phenoxy) is 1. The van der Waals surface area contributed by atoms with Crippen LogP contribution in [-0.2, 0) is 6.18 Å². The fourth-order valence-electron chi connectivity index (χ4n) is 3.33. The first-order chi connectivity index (χ1) is 17.3. The predicted octanol–water partition coefficient (Wildman–Crippen LogP) is 5.64. The summed E-state index contributed by atoms with van der Waals surface area (Å²) in [6, 6.07) is 14.5. The second-order valence-corrected chi connectivity index (χ2v) is 7.48. The second kappa shape index (κ2) is 9.33. The van der Waals surface area contributed by atoms with Crippen molar-refractivity contribution < 1.29 is 22.7 Å². The molecule has 0 saturated heterocycles. The first kappa shape index (κ1) is 22.8. The number of hydrogen-bond donors (Lipinski definition) is 2. The average Bonchev–Trinajstić information content (AvgIpc) is 3.30. The zero-order chi connectivity index (χ0) is 25.1. The molecule has 0 aliphatic rings. The molecular formula is C24H16F3N7O2. The van der Waals surface area contributed by atoms with Crippen molar-refractivity contribution in [3.63, 3.8) is 0 Å². The van der Waals surface area contributed by atoms with Gasteiger partial charge in [-0.15, -0.1) is 0 Å². The number of rotatable bonds is 5. The average molecular weight is 491 g/mol. The van der Waals surface area contributed by atoms with Crippen molar-refractivity contribution in [1.82, 2.24) is 24.6 Å². The van der Waals surface area contributed by atoms with E-state index in [1.54, 1.807) is 29.0 Å². The monoisotopic (exact) mass is 491 g/mol. The van der Waals surface area contributed by atoms with E-state index in [9.17, 15) is 18.0 Å². The van der Waals surface area contributed by atoms with E-state index in [4.69, 9.17) is 4.74 Å². The molecule has 0 radical (unpaired) electrons. The van der Waals surface area contributed by atoms with Crippen LogP contribution < -0.4 is 15.4 Å². The summed E-state index contributed by atoms with van der Waals surface area (Å²) in [4.78, 5) is 24.5. The lowest BCUT2D eigenvalue weighted by atomic mass is 10.1. The van der Waals surface area contributed by atoms with E-state index >= 15 is 0 Å². The van der Waals surface area contributed by atoms with Gasteiger partial charge in [0.1, 0.15) is 5.75 Å². The van der Waals surface area contributed by atoms with Gasteiger partial charge in [-0.3, -0.25) is 0 Å². The third-order valence-electron chi connectivity index (χ3n) is 4.97. The number of fused-ring (bicyclic) bond motifs is 1. The van der Waals surface area contributed by atoms with Crippen molar-refractivity contribution in [3.8, 4) is 23.0 Å². The number of carbonyl (C=O) groups excluding carboxylic acids is 1. The number of hydrogen-bond acceptors (Lipinski definition) is 6. The van der Waals surface area contributed by atoms with Crippen molar-refractivity contribution in [2.75, 3.05) is 10.6 Å². The molecule has 0 unspecified atom stereocenters. The van der Waals surface area contributed by atoms with Crippen LogP contribution in [0.4, 0.5) is 29.3 Å². The molecule has 0 aliphatic heterocycles. The summed E-state index contributed by atoms with van der Waals surface area (Å²) in [5.41, 5.74) is 1.80. The Hall–Kier alpha value is -5.00. The fourth-order valence-corrected chi connectivity index (χ4v) is 3.33. The highest BCUT2D eigenvalue weighted by Gasteiger charge is 2.30. The SMILES string of the molecule is O=C(Nc1cnc(Oc2ccc(-c3cnc4cccnn34)cc2)nc1)Nc1cccc(C(F)(F)F)c1. The van der Waals surface area contributed by atoms with Crippen LogP contribution in [0.3, 0.4) is 0 Å². The molecule has 180 valence electrons. The molecule has 5 rings (SSSR count). The van der Waals surface area contributed by atoms with Gasteiger partial charge in [0.15, 0.2) is 5.65 Å². The van der Waals surface area contributed by atoms with Gasteiger partial charge in [-0.1, -0.05) is 6.07 Å². The molecule has 3 heterocycles. The molecule has 0 spiro atoms. The Balaban J connectivity index is 1.20. The molecule has 3 aromatic heterocycles. The summed E-state index contributed by atoms with van der Waals surface area (Å²) >= 11 is 0. The summed E-state index contributed by atoms with van der Waals surface area (Å²) in [5.74, 6) is 0.489. The summed E-state index contributed by atoms with van der Waals surface area (Å²) in [6.07, 6.45) is 1.53. The molecule has 2 N–H and O–H groups in total. The van der Waals surface area contributed by atoms with E-state index in [-0.39, 0.29) is 17.4 Å². The largest absolute Gasteiger partial charge is 0.424 e. The van der Waals surface area contributed by atoms with Gasteiger partial charge >= 0.3 is 18.2 Å². The molecule has 36 heavy (non-hydrogen) atoms. The molecule has 0 bridgehead atoms. The highest BCUT2D eigenvalue weighted by molar-refractivity contribution is 5.99. The molecule has 5 aromatic rings. The van der Waals surface area contributed by atoms with Gasteiger partial charge in [-0.2, -0.15) is 18.3 Å². The molecule has 2 aromatic carbocycles. The van der Waals surface area contributed by atoms with E-state index in [2.05, 4.69) is 30.7 Å². The Labute approximate surface area is 201 Å². The molecule has 9 nitrogen and oxygen atoms in total. The smallest absolute Gasteiger partial charge is 0.416 e. The lowest BCUT2D eigenvalue weighted by molar-refractivity contribution is -0.137. The standard InChI is InChI=1S/C24H16F3N7O2/c25-24(26,27)16-3-1-4-17(11-16)32-22(35)33-18-12-29-23(30-13-18)36-19-8-6-15(7-9-19)20-14-28-21-5-2-10-31-34(20)21/h1-14H,(H2,32,33,35). The highest BCUT2D eigenvalue weighted by atomic mass is 19.4. The molecule has 0 fully saturated rings. The minimum absolute atomic E-state index is 0.00801. The first-order valence-corrected chi connectivity index (χ1v) is 10.5. The third-order valence-corrected chi connectivity index (χ3v) is 4.97. The van der Waals surface area contributed by atoms with Crippen LogP contribution in [0.15, 0.2) is 85.5 Å². The van der Waals surface area contributed by atoms with Crippen LogP contribution in [0.5, 0.6) is 11.8 Å². The Morgan fingerprint density at radius 3 is 2.36 bits per heavy atom. The number of halogens is 3. The second-order valence-electron chi connectivity index (χ2n) is 7.48. The van der Waals surface area contributed by atoms with Crippen LogP contribution >= 0.6 is 0 Å². The number of benzene rings is 2. The molecule has 0 atom stereocenters. The van der Waals surface area contributed by atoms with Crippen molar-refractivity contribution >= 4 is 23.1 Å². The van der Waals surface area contributed by atoms with Gasteiger partial charge < -0.3 is 15.4 Å². The van der Waals surface area contributed by atoms with Crippen LogP contribution in [0.1, 0.15) is 5.56 Å². The van der Waals surface area contributed by atoms with Gasteiger partial charge in [0, 0.05) is 17.4 Å². The van der Waals surface area contributed by atoms with Gasteiger partial charge in [0.05, 0.1) is 35.5 Å². The van der Waals surface area contributed by atoms with Gasteiger partial charge in [-0.25, -0.2) is 24.3 Å². The zero-order valence-corrected chi connectivity index (χ0v) is 18.3. The van der Waals surface area contributed by atoms with E-state index < -0.39 is 17.8 Å². The summed E-state index contributed by atoms with van der Waals surface area (Å²) in [6.45, 7) is 0. The number of carbonyl (C=O) groups is 1. The zero-order valence-electron chi connectivity index (χ0n) is 18.3. The molecule has 2 amide bonds. The lowest BCUT2D eigenvalue weighted by Gasteiger charge is -2.11. The van der Waals surface area contributed by atoms with E-state index in [0.717, 1.165) is 29.0 Å². The Morgan fingerprint density at radius 1 is 0.861 bits per heavy atom. The highest BCUT2D eigenvalue weighted by Crippen LogP contribution is 2.30. The Morgan fingerprint density at radius 2 is 1.61 bits per heavy atom. The number of amides is 2. The molecule has 12 heteroatoms. The van der Waals surface area contributed by atoms with Gasteiger partial charge in [0.2, 0.25) is 0 Å².